The van der Waals surface area contributed by atoms with Gasteiger partial charge in [-0.25, -0.2) is 14.4 Å². The molecule has 0 unspecified atom stereocenters. The SMILES string of the molecule is CCOC(=O)Nc1ccc2c(COC(=O)Cn3nnc(-c4ccc(C)cc4)n3)cc(=O)oc2c1. The summed E-state index contributed by atoms with van der Waals surface area (Å²) in [5.41, 5.74) is 2.35. The lowest BCUT2D eigenvalue weighted by molar-refractivity contribution is -0.146. The summed E-state index contributed by atoms with van der Waals surface area (Å²) in [6, 6.07) is 13.6. The molecule has 2 aromatic carbocycles. The molecule has 4 rings (SSSR count). The zero-order valence-corrected chi connectivity index (χ0v) is 18.5. The van der Waals surface area contributed by atoms with Crippen LogP contribution in [0.25, 0.3) is 22.4 Å². The van der Waals surface area contributed by atoms with E-state index < -0.39 is 17.7 Å². The van der Waals surface area contributed by atoms with Crippen molar-refractivity contribution >= 4 is 28.7 Å². The van der Waals surface area contributed by atoms with Crippen molar-refractivity contribution < 1.29 is 23.5 Å². The number of nitrogens with zero attached hydrogens (tertiary/aromatic N) is 4. The first-order chi connectivity index (χ1) is 16.4. The zero-order chi connectivity index (χ0) is 24.1. The number of hydrogen-bond acceptors (Lipinski definition) is 9. The van der Waals surface area contributed by atoms with Crippen molar-refractivity contribution in [3.05, 3.63) is 70.1 Å². The highest BCUT2D eigenvalue weighted by atomic mass is 16.5. The van der Waals surface area contributed by atoms with Crippen molar-refractivity contribution in [3.63, 3.8) is 0 Å². The number of hydrogen-bond donors (Lipinski definition) is 1. The lowest BCUT2D eigenvalue weighted by Gasteiger charge is -2.09. The van der Waals surface area contributed by atoms with Gasteiger partial charge in [0.05, 0.1) is 6.61 Å². The number of benzene rings is 2. The molecule has 174 valence electrons. The summed E-state index contributed by atoms with van der Waals surface area (Å²) < 4.78 is 15.4. The van der Waals surface area contributed by atoms with E-state index in [-0.39, 0.29) is 25.3 Å². The van der Waals surface area contributed by atoms with Crippen LogP contribution in [0.15, 0.2) is 57.7 Å². The Morgan fingerprint density at radius 3 is 2.65 bits per heavy atom. The summed E-state index contributed by atoms with van der Waals surface area (Å²) >= 11 is 0. The molecule has 4 aromatic rings. The van der Waals surface area contributed by atoms with Gasteiger partial charge in [0.15, 0.2) is 6.54 Å². The van der Waals surface area contributed by atoms with Crippen LogP contribution in [-0.2, 0) is 27.4 Å². The van der Waals surface area contributed by atoms with E-state index in [0.29, 0.717) is 22.5 Å². The molecule has 11 heteroatoms. The quantitative estimate of drug-likeness (QED) is 0.323. The molecule has 1 amide bonds. The van der Waals surface area contributed by atoms with Gasteiger partial charge in [-0.3, -0.25) is 5.32 Å². The lowest BCUT2D eigenvalue weighted by Crippen LogP contribution is -2.16. The monoisotopic (exact) mass is 463 g/mol. The highest BCUT2D eigenvalue weighted by molar-refractivity contribution is 5.90. The molecule has 0 bridgehead atoms. The smallest absolute Gasteiger partial charge is 0.411 e. The van der Waals surface area contributed by atoms with Gasteiger partial charge in [-0.05, 0) is 31.2 Å². The standard InChI is InChI=1S/C23H21N5O6/c1-3-32-23(31)24-17-8-9-18-16(10-20(29)34-19(18)11-17)13-33-21(30)12-28-26-22(25-27-28)15-6-4-14(2)5-7-15/h4-11H,3,12-13H2,1-2H3,(H,24,31). The number of esters is 1. The predicted octanol–water partition coefficient (Wildman–Crippen LogP) is 3.07. The van der Waals surface area contributed by atoms with Crippen LogP contribution < -0.4 is 10.9 Å². The van der Waals surface area contributed by atoms with Crippen molar-refractivity contribution in [2.45, 2.75) is 27.0 Å². The van der Waals surface area contributed by atoms with Crippen molar-refractivity contribution in [1.29, 1.82) is 0 Å². The number of aryl methyl sites for hydroxylation is 1. The van der Waals surface area contributed by atoms with Gasteiger partial charge in [0, 0.05) is 34.3 Å². The normalized spacial score (nSPS) is 10.8. The molecular weight excluding hydrogens is 442 g/mol. The molecule has 0 aliphatic carbocycles. The minimum atomic E-state index is -0.624. The number of aromatic nitrogens is 4. The first kappa shape index (κ1) is 22.6. The third-order valence-corrected chi connectivity index (χ3v) is 4.77. The third kappa shape index (κ3) is 5.44. The average molecular weight is 463 g/mol. The fraction of sp³-hybridized carbons (Fsp3) is 0.217. The maximum Gasteiger partial charge on any atom is 0.411 e. The van der Waals surface area contributed by atoms with E-state index >= 15 is 0 Å². The minimum absolute atomic E-state index is 0.162. The molecule has 0 fully saturated rings. The first-order valence-corrected chi connectivity index (χ1v) is 10.4. The Labute approximate surface area is 193 Å². The van der Waals surface area contributed by atoms with Crippen LogP contribution in [0, 0.1) is 6.92 Å². The second kappa shape index (κ2) is 9.94. The molecule has 0 saturated heterocycles. The number of carbonyl (C=O) groups excluding carboxylic acids is 2. The zero-order valence-electron chi connectivity index (χ0n) is 18.5. The number of rotatable bonds is 7. The van der Waals surface area contributed by atoms with Crippen LogP contribution in [-0.4, -0.2) is 38.9 Å². The molecule has 0 atom stereocenters. The van der Waals surface area contributed by atoms with E-state index in [2.05, 4.69) is 20.7 Å². The number of anilines is 1. The van der Waals surface area contributed by atoms with Crippen LogP contribution in [0.4, 0.5) is 10.5 Å². The van der Waals surface area contributed by atoms with Crippen LogP contribution in [0.5, 0.6) is 0 Å². The molecule has 11 nitrogen and oxygen atoms in total. The predicted molar refractivity (Wildman–Crippen MR) is 121 cm³/mol. The third-order valence-electron chi connectivity index (χ3n) is 4.77. The molecule has 0 saturated carbocycles. The number of tetrazole rings is 1. The Morgan fingerprint density at radius 2 is 1.88 bits per heavy atom. The second-order valence-electron chi connectivity index (χ2n) is 7.32. The summed E-state index contributed by atoms with van der Waals surface area (Å²) in [4.78, 5) is 37.1. The Kier molecular flexibility index (Phi) is 6.62. The number of ether oxygens (including phenoxy) is 2. The average Bonchev–Trinajstić information content (AvgIpc) is 3.26. The molecule has 0 radical (unpaired) electrons. The largest absolute Gasteiger partial charge is 0.459 e. The van der Waals surface area contributed by atoms with Gasteiger partial charge in [-0.15, -0.1) is 10.2 Å². The van der Waals surface area contributed by atoms with E-state index in [1.54, 1.807) is 19.1 Å². The Morgan fingerprint density at radius 1 is 1.09 bits per heavy atom. The summed E-state index contributed by atoms with van der Waals surface area (Å²) in [5, 5.41) is 15.1. The number of fused-ring (bicyclic) bond motifs is 1. The topological polar surface area (TPSA) is 138 Å². The van der Waals surface area contributed by atoms with Gasteiger partial charge in [0.1, 0.15) is 12.2 Å². The summed E-state index contributed by atoms with van der Waals surface area (Å²) in [6.45, 7) is 3.48. The van der Waals surface area contributed by atoms with Crippen molar-refractivity contribution in [2.24, 2.45) is 0 Å². The van der Waals surface area contributed by atoms with Gasteiger partial charge in [-0.2, -0.15) is 4.80 Å². The maximum atomic E-state index is 12.3. The van der Waals surface area contributed by atoms with Crippen molar-refractivity contribution in [2.75, 3.05) is 11.9 Å². The maximum absolute atomic E-state index is 12.3. The van der Waals surface area contributed by atoms with Crippen molar-refractivity contribution in [3.8, 4) is 11.4 Å². The van der Waals surface area contributed by atoms with Gasteiger partial charge >= 0.3 is 17.7 Å². The van der Waals surface area contributed by atoms with E-state index in [0.717, 1.165) is 15.9 Å². The van der Waals surface area contributed by atoms with E-state index in [4.69, 9.17) is 13.9 Å². The fourth-order valence-corrected chi connectivity index (χ4v) is 3.16. The minimum Gasteiger partial charge on any atom is -0.459 e. The highest BCUT2D eigenvalue weighted by Gasteiger charge is 2.13. The van der Waals surface area contributed by atoms with Gasteiger partial charge in [-0.1, -0.05) is 29.8 Å². The van der Waals surface area contributed by atoms with E-state index in [9.17, 15) is 14.4 Å². The first-order valence-electron chi connectivity index (χ1n) is 10.4. The van der Waals surface area contributed by atoms with E-state index in [1.807, 2.05) is 31.2 Å². The Hall–Kier alpha value is -4.54. The number of amides is 1. The second-order valence-corrected chi connectivity index (χ2v) is 7.32. The van der Waals surface area contributed by atoms with Crippen LogP contribution in [0.1, 0.15) is 18.1 Å². The molecule has 1 N–H and O–H groups in total. The molecular formula is C23H21N5O6. The number of carbonyl (C=O) groups is 2. The molecule has 34 heavy (non-hydrogen) atoms. The fourth-order valence-electron chi connectivity index (χ4n) is 3.16. The van der Waals surface area contributed by atoms with Crippen LogP contribution >= 0.6 is 0 Å². The van der Waals surface area contributed by atoms with Crippen LogP contribution in [0.3, 0.4) is 0 Å². The van der Waals surface area contributed by atoms with Crippen LogP contribution in [0.2, 0.25) is 0 Å². The Balaban J connectivity index is 1.42. The van der Waals surface area contributed by atoms with E-state index in [1.165, 1.54) is 12.1 Å². The van der Waals surface area contributed by atoms with Gasteiger partial charge in [0.25, 0.3) is 0 Å². The highest BCUT2D eigenvalue weighted by Crippen LogP contribution is 2.22. The van der Waals surface area contributed by atoms with Gasteiger partial charge in [0.2, 0.25) is 5.82 Å². The summed E-state index contributed by atoms with van der Waals surface area (Å²) in [7, 11) is 0. The molecule has 0 aliphatic rings. The Bertz CT molecular complexity index is 1390. The summed E-state index contributed by atoms with van der Waals surface area (Å²) in [6.07, 6.45) is -0.624. The number of nitrogens with one attached hydrogen (secondary N) is 1. The summed E-state index contributed by atoms with van der Waals surface area (Å²) in [5.74, 6) is -0.207. The molecule has 2 aromatic heterocycles. The lowest BCUT2D eigenvalue weighted by atomic mass is 10.1. The molecule has 0 aliphatic heterocycles. The molecule has 0 spiro atoms. The van der Waals surface area contributed by atoms with Crippen molar-refractivity contribution in [1.82, 2.24) is 20.2 Å². The van der Waals surface area contributed by atoms with Gasteiger partial charge < -0.3 is 13.9 Å². The molecule has 2 heterocycles.